The molecule has 7 nitrogen and oxygen atoms in total. The number of para-hydroxylation sites is 2. The van der Waals surface area contributed by atoms with Crippen molar-refractivity contribution in [2.24, 2.45) is 10.9 Å². The average molecular weight is 450 g/mol. The Labute approximate surface area is 196 Å². The van der Waals surface area contributed by atoms with Crippen molar-refractivity contribution in [1.29, 1.82) is 0 Å². The molecule has 1 amide bonds. The van der Waals surface area contributed by atoms with Crippen LogP contribution in [-0.2, 0) is 11.3 Å². The number of benzene rings is 2. The van der Waals surface area contributed by atoms with E-state index in [9.17, 15) is 4.79 Å². The molecule has 2 heterocycles. The van der Waals surface area contributed by atoms with Gasteiger partial charge >= 0.3 is 0 Å². The zero-order chi connectivity index (χ0) is 23.0. The number of rotatable bonds is 8. The van der Waals surface area contributed by atoms with Crippen molar-refractivity contribution in [2.75, 3.05) is 49.6 Å². The molecule has 0 bridgehead atoms. The van der Waals surface area contributed by atoms with E-state index in [4.69, 9.17) is 9.73 Å². The zero-order valence-corrected chi connectivity index (χ0v) is 19.7. The van der Waals surface area contributed by atoms with Crippen molar-refractivity contribution < 1.29 is 9.53 Å². The second-order valence-electron chi connectivity index (χ2n) is 8.66. The third-order valence-electron chi connectivity index (χ3n) is 6.36. The molecule has 2 aromatic rings. The molecular formula is C26H35N5O2. The van der Waals surface area contributed by atoms with Gasteiger partial charge < -0.3 is 25.2 Å². The summed E-state index contributed by atoms with van der Waals surface area (Å²) in [5.41, 5.74) is 3.28. The molecule has 4 rings (SSSR count). The minimum Gasteiger partial charge on any atom is -0.495 e. The van der Waals surface area contributed by atoms with Crippen LogP contribution < -0.4 is 25.2 Å². The number of anilines is 2. The van der Waals surface area contributed by atoms with Crippen LogP contribution in [0.3, 0.4) is 0 Å². The van der Waals surface area contributed by atoms with Crippen molar-refractivity contribution in [3.05, 3.63) is 54.1 Å². The summed E-state index contributed by atoms with van der Waals surface area (Å²) in [6.07, 6.45) is 2.74. The summed E-state index contributed by atoms with van der Waals surface area (Å²) in [5.74, 6) is 2.54. The van der Waals surface area contributed by atoms with Crippen LogP contribution in [0.2, 0.25) is 0 Å². The monoisotopic (exact) mass is 449 g/mol. The second-order valence-corrected chi connectivity index (χ2v) is 8.66. The van der Waals surface area contributed by atoms with E-state index in [1.165, 1.54) is 5.69 Å². The van der Waals surface area contributed by atoms with Gasteiger partial charge in [0.15, 0.2) is 5.96 Å². The molecule has 33 heavy (non-hydrogen) atoms. The summed E-state index contributed by atoms with van der Waals surface area (Å²) in [4.78, 5) is 21.0. The van der Waals surface area contributed by atoms with Gasteiger partial charge in [0.2, 0.25) is 5.91 Å². The van der Waals surface area contributed by atoms with Gasteiger partial charge in [-0.3, -0.25) is 4.79 Å². The van der Waals surface area contributed by atoms with Crippen LogP contribution in [-0.4, -0.2) is 51.7 Å². The molecule has 176 valence electrons. The molecule has 7 heteroatoms. The highest BCUT2D eigenvalue weighted by Gasteiger charge is 2.25. The van der Waals surface area contributed by atoms with E-state index >= 15 is 0 Å². The maximum atomic E-state index is 11.9. The number of carbonyl (C=O) groups excluding carboxylic acids is 1. The number of carbonyl (C=O) groups is 1. The number of ether oxygens (including phenoxy) is 1. The van der Waals surface area contributed by atoms with Crippen molar-refractivity contribution in [3.8, 4) is 5.75 Å². The van der Waals surface area contributed by atoms with E-state index in [2.05, 4.69) is 46.7 Å². The van der Waals surface area contributed by atoms with Crippen LogP contribution in [0.5, 0.6) is 5.75 Å². The molecule has 2 saturated heterocycles. The van der Waals surface area contributed by atoms with Crippen LogP contribution >= 0.6 is 0 Å². The van der Waals surface area contributed by atoms with Crippen LogP contribution in [0.1, 0.15) is 31.7 Å². The minimum atomic E-state index is 0.218. The smallest absolute Gasteiger partial charge is 0.227 e. The first kappa shape index (κ1) is 23.0. The summed E-state index contributed by atoms with van der Waals surface area (Å²) < 4.78 is 5.53. The lowest BCUT2D eigenvalue weighted by molar-refractivity contribution is -0.117. The zero-order valence-electron chi connectivity index (χ0n) is 19.7. The van der Waals surface area contributed by atoms with Gasteiger partial charge in [-0.1, -0.05) is 24.3 Å². The average Bonchev–Trinajstić information content (AvgIpc) is 3.50. The second kappa shape index (κ2) is 11.1. The molecule has 1 atom stereocenters. The summed E-state index contributed by atoms with van der Waals surface area (Å²) in [6, 6.07) is 16.4. The fourth-order valence-electron chi connectivity index (χ4n) is 4.56. The van der Waals surface area contributed by atoms with Crippen LogP contribution in [0, 0.1) is 5.92 Å². The fourth-order valence-corrected chi connectivity index (χ4v) is 4.56. The lowest BCUT2D eigenvalue weighted by Gasteiger charge is -2.21. The molecular weight excluding hydrogens is 414 g/mol. The Kier molecular flexibility index (Phi) is 7.70. The number of guanidine groups is 1. The summed E-state index contributed by atoms with van der Waals surface area (Å²) >= 11 is 0. The molecule has 2 aliphatic heterocycles. The Hall–Kier alpha value is -3.22. The first-order chi connectivity index (χ1) is 16.2. The first-order valence-electron chi connectivity index (χ1n) is 12.0. The van der Waals surface area contributed by atoms with E-state index in [1.807, 2.05) is 29.2 Å². The highest BCUT2D eigenvalue weighted by Crippen LogP contribution is 2.31. The van der Waals surface area contributed by atoms with Crippen molar-refractivity contribution in [3.63, 3.8) is 0 Å². The van der Waals surface area contributed by atoms with E-state index in [0.717, 1.165) is 68.5 Å². The molecule has 0 aliphatic carbocycles. The standard InChI is InChI=1S/C26H35N5O2/c1-3-27-26(28-17-20-10-12-22(13-11-20)31-15-6-9-25(31)32)29-18-21-14-16-30(19-21)23-7-4-5-8-24(23)33-2/h4-5,7-8,10-13,21H,3,6,9,14-19H2,1-2H3,(H2,27,28,29). The quantitative estimate of drug-likeness (QED) is 0.478. The van der Waals surface area contributed by atoms with Gasteiger partial charge in [0.1, 0.15) is 5.75 Å². The van der Waals surface area contributed by atoms with Gasteiger partial charge in [-0.15, -0.1) is 0 Å². The van der Waals surface area contributed by atoms with Crippen LogP contribution in [0.15, 0.2) is 53.5 Å². The lowest BCUT2D eigenvalue weighted by atomic mass is 10.1. The summed E-state index contributed by atoms with van der Waals surface area (Å²) in [7, 11) is 1.73. The Balaban J connectivity index is 1.30. The lowest BCUT2D eigenvalue weighted by Crippen LogP contribution is -2.40. The SMILES string of the molecule is CCNC(=NCc1ccc(N2CCCC2=O)cc1)NCC1CCN(c2ccccc2OC)C1. The van der Waals surface area contributed by atoms with E-state index in [-0.39, 0.29) is 5.91 Å². The number of hydrogen-bond acceptors (Lipinski definition) is 4. The summed E-state index contributed by atoms with van der Waals surface area (Å²) in [5, 5.41) is 6.88. The Morgan fingerprint density at radius 1 is 1.12 bits per heavy atom. The number of hydrogen-bond donors (Lipinski definition) is 2. The minimum absolute atomic E-state index is 0.218. The highest BCUT2D eigenvalue weighted by atomic mass is 16.5. The van der Waals surface area contributed by atoms with Gasteiger partial charge in [-0.05, 0) is 55.5 Å². The van der Waals surface area contributed by atoms with Gasteiger partial charge in [0.05, 0.1) is 19.3 Å². The molecule has 2 aliphatic rings. The maximum absolute atomic E-state index is 11.9. The number of methoxy groups -OCH3 is 1. The molecule has 1 unspecified atom stereocenters. The predicted octanol–water partition coefficient (Wildman–Crippen LogP) is 3.40. The largest absolute Gasteiger partial charge is 0.495 e. The maximum Gasteiger partial charge on any atom is 0.227 e. The molecule has 0 spiro atoms. The van der Waals surface area contributed by atoms with Gasteiger partial charge in [-0.2, -0.15) is 0 Å². The topological polar surface area (TPSA) is 69.2 Å². The van der Waals surface area contributed by atoms with Gasteiger partial charge in [0.25, 0.3) is 0 Å². The number of amides is 1. The van der Waals surface area contributed by atoms with Gasteiger partial charge in [-0.25, -0.2) is 4.99 Å². The van der Waals surface area contributed by atoms with E-state index in [0.29, 0.717) is 18.9 Å². The van der Waals surface area contributed by atoms with Crippen molar-refractivity contribution in [1.82, 2.24) is 10.6 Å². The molecule has 0 aromatic heterocycles. The molecule has 2 aromatic carbocycles. The Bertz CT molecular complexity index is 959. The van der Waals surface area contributed by atoms with Crippen LogP contribution in [0.4, 0.5) is 11.4 Å². The molecule has 0 saturated carbocycles. The number of aliphatic imine (C=N–C) groups is 1. The Morgan fingerprint density at radius 3 is 2.67 bits per heavy atom. The predicted molar refractivity (Wildman–Crippen MR) is 134 cm³/mol. The number of nitrogens with zero attached hydrogens (tertiary/aromatic N) is 3. The molecule has 2 fully saturated rings. The normalized spacial score (nSPS) is 18.7. The van der Waals surface area contributed by atoms with Gasteiger partial charge in [0, 0.05) is 44.8 Å². The van der Waals surface area contributed by atoms with E-state index in [1.54, 1.807) is 7.11 Å². The highest BCUT2D eigenvalue weighted by molar-refractivity contribution is 5.95. The first-order valence-corrected chi connectivity index (χ1v) is 12.0. The molecule has 2 N–H and O–H groups in total. The third kappa shape index (κ3) is 5.78. The van der Waals surface area contributed by atoms with Crippen LogP contribution in [0.25, 0.3) is 0 Å². The van der Waals surface area contributed by atoms with E-state index < -0.39 is 0 Å². The molecule has 0 radical (unpaired) electrons. The summed E-state index contributed by atoms with van der Waals surface area (Å²) in [6.45, 7) is 7.24. The third-order valence-corrected chi connectivity index (χ3v) is 6.36. The van der Waals surface area contributed by atoms with Crippen molar-refractivity contribution in [2.45, 2.75) is 32.7 Å². The van der Waals surface area contributed by atoms with Crippen molar-refractivity contribution >= 4 is 23.2 Å². The Morgan fingerprint density at radius 2 is 1.94 bits per heavy atom. The fraction of sp³-hybridized carbons (Fsp3) is 0.462. The number of nitrogens with one attached hydrogen (secondary N) is 2.